The summed E-state index contributed by atoms with van der Waals surface area (Å²) in [5.74, 6) is 1.75. The Morgan fingerprint density at radius 2 is 2.00 bits per heavy atom. The van der Waals surface area contributed by atoms with E-state index in [4.69, 9.17) is 13.9 Å². The molecule has 0 amide bonds. The normalized spacial score (nSPS) is 11.3. The summed E-state index contributed by atoms with van der Waals surface area (Å²) in [4.78, 5) is 9.04. The van der Waals surface area contributed by atoms with E-state index in [0.29, 0.717) is 40.6 Å². The van der Waals surface area contributed by atoms with Crippen molar-refractivity contribution in [2.24, 2.45) is 4.99 Å². The molecular formula is C23H19BrN2O4. The van der Waals surface area contributed by atoms with Gasteiger partial charge < -0.3 is 19.0 Å². The van der Waals surface area contributed by atoms with Crippen LogP contribution in [0.3, 0.4) is 0 Å². The van der Waals surface area contributed by atoms with E-state index >= 15 is 0 Å². The number of hydrogen-bond acceptors (Lipinski definition) is 6. The first kappa shape index (κ1) is 20.0. The van der Waals surface area contributed by atoms with E-state index in [9.17, 15) is 5.11 Å². The highest BCUT2D eigenvalue weighted by molar-refractivity contribution is 9.10. The number of aliphatic imine (C=N–C) groups is 1. The highest BCUT2D eigenvalue weighted by Gasteiger charge is 2.11. The lowest BCUT2D eigenvalue weighted by atomic mass is 10.2. The van der Waals surface area contributed by atoms with Crippen LogP contribution in [0.5, 0.6) is 17.2 Å². The zero-order chi connectivity index (χ0) is 21.1. The van der Waals surface area contributed by atoms with Gasteiger partial charge >= 0.3 is 0 Å². The molecule has 152 valence electrons. The fourth-order valence-corrected chi connectivity index (χ4v) is 3.52. The minimum Gasteiger partial charge on any atom is -0.504 e. The lowest BCUT2D eigenvalue weighted by molar-refractivity contribution is 0.318. The van der Waals surface area contributed by atoms with Gasteiger partial charge in [-0.1, -0.05) is 6.07 Å². The van der Waals surface area contributed by atoms with Gasteiger partial charge in [0.15, 0.2) is 17.1 Å². The summed E-state index contributed by atoms with van der Waals surface area (Å²) >= 11 is 3.48. The third-order valence-corrected chi connectivity index (χ3v) is 5.07. The van der Waals surface area contributed by atoms with E-state index in [-0.39, 0.29) is 5.75 Å². The zero-order valence-electron chi connectivity index (χ0n) is 16.4. The van der Waals surface area contributed by atoms with E-state index in [0.717, 1.165) is 15.8 Å². The predicted octanol–water partition coefficient (Wildman–Crippen LogP) is 6.12. The van der Waals surface area contributed by atoms with Crippen LogP contribution in [0.15, 0.2) is 68.5 Å². The number of phenolic OH excluding ortho intramolecular Hbond substituents is 1. The van der Waals surface area contributed by atoms with Crippen LogP contribution < -0.4 is 9.47 Å². The number of oxazole rings is 1. The maximum absolute atomic E-state index is 10.3. The van der Waals surface area contributed by atoms with Crippen molar-refractivity contribution >= 4 is 38.9 Å². The fourth-order valence-electron chi connectivity index (χ4n) is 2.98. The Bertz CT molecular complexity index is 1230. The first-order valence-corrected chi connectivity index (χ1v) is 10.1. The lowest BCUT2D eigenvalue weighted by Gasteiger charge is -2.07. The molecule has 4 rings (SSSR count). The van der Waals surface area contributed by atoms with E-state index in [1.54, 1.807) is 25.5 Å². The number of para-hydroxylation sites is 1. The quantitative estimate of drug-likeness (QED) is 0.346. The second-order valence-corrected chi connectivity index (χ2v) is 7.26. The van der Waals surface area contributed by atoms with Crippen LogP contribution in [0.25, 0.3) is 22.6 Å². The van der Waals surface area contributed by atoms with Crippen molar-refractivity contribution < 1.29 is 19.0 Å². The third-order valence-electron chi connectivity index (χ3n) is 4.45. The molecule has 0 radical (unpaired) electrons. The average Bonchev–Trinajstić information content (AvgIpc) is 3.18. The van der Waals surface area contributed by atoms with Crippen molar-refractivity contribution in [1.29, 1.82) is 0 Å². The Balaban J connectivity index is 1.62. The Morgan fingerprint density at radius 1 is 1.13 bits per heavy atom. The summed E-state index contributed by atoms with van der Waals surface area (Å²) in [6.45, 7) is 2.34. The number of methoxy groups -OCH3 is 1. The van der Waals surface area contributed by atoms with Crippen molar-refractivity contribution in [3.63, 3.8) is 0 Å². The summed E-state index contributed by atoms with van der Waals surface area (Å²) < 4.78 is 17.4. The van der Waals surface area contributed by atoms with Crippen molar-refractivity contribution in [2.45, 2.75) is 6.92 Å². The summed E-state index contributed by atoms with van der Waals surface area (Å²) in [6.07, 6.45) is 1.60. The highest BCUT2D eigenvalue weighted by Crippen LogP contribution is 2.33. The Labute approximate surface area is 181 Å². The number of fused-ring (bicyclic) bond motifs is 1. The SMILES string of the molecule is CCOc1cccc(C=Nc2ccc3oc(-c4ccc(OC)c(Br)c4)nc3c2)c1O. The molecule has 1 N–H and O–H groups in total. The zero-order valence-corrected chi connectivity index (χ0v) is 18.0. The minimum atomic E-state index is 0.0676. The van der Waals surface area contributed by atoms with Gasteiger partial charge in [-0.15, -0.1) is 0 Å². The molecule has 6 nitrogen and oxygen atoms in total. The van der Waals surface area contributed by atoms with Gasteiger partial charge in [-0.25, -0.2) is 4.98 Å². The van der Waals surface area contributed by atoms with Crippen molar-refractivity contribution in [3.8, 4) is 28.7 Å². The molecule has 0 spiro atoms. The van der Waals surface area contributed by atoms with Crippen LogP contribution >= 0.6 is 15.9 Å². The Morgan fingerprint density at radius 3 is 2.77 bits per heavy atom. The number of halogens is 1. The van der Waals surface area contributed by atoms with Crippen molar-refractivity contribution in [2.75, 3.05) is 13.7 Å². The number of aromatic hydroxyl groups is 1. The molecule has 1 aromatic heterocycles. The molecule has 0 aliphatic heterocycles. The number of aromatic nitrogens is 1. The summed E-state index contributed by atoms with van der Waals surface area (Å²) in [7, 11) is 1.62. The lowest BCUT2D eigenvalue weighted by Crippen LogP contribution is -1.93. The van der Waals surface area contributed by atoms with E-state index < -0.39 is 0 Å². The first-order valence-electron chi connectivity index (χ1n) is 9.32. The number of rotatable bonds is 6. The van der Waals surface area contributed by atoms with Gasteiger partial charge in [0.25, 0.3) is 0 Å². The molecule has 3 aromatic carbocycles. The number of phenols is 1. The number of nitrogens with zero attached hydrogens (tertiary/aromatic N) is 2. The predicted molar refractivity (Wildman–Crippen MR) is 120 cm³/mol. The smallest absolute Gasteiger partial charge is 0.227 e. The molecule has 7 heteroatoms. The van der Waals surface area contributed by atoms with Gasteiger partial charge in [-0.05, 0) is 71.4 Å². The highest BCUT2D eigenvalue weighted by atomic mass is 79.9. The van der Waals surface area contributed by atoms with Gasteiger partial charge in [0.2, 0.25) is 5.89 Å². The molecule has 0 unspecified atom stereocenters. The van der Waals surface area contributed by atoms with E-state index in [1.807, 2.05) is 49.4 Å². The molecule has 0 saturated heterocycles. The number of hydrogen-bond donors (Lipinski definition) is 1. The molecule has 30 heavy (non-hydrogen) atoms. The van der Waals surface area contributed by atoms with Crippen LogP contribution in [0, 0.1) is 0 Å². The third kappa shape index (κ3) is 4.02. The molecule has 0 aliphatic carbocycles. The van der Waals surface area contributed by atoms with Crippen molar-refractivity contribution in [1.82, 2.24) is 4.98 Å². The second-order valence-electron chi connectivity index (χ2n) is 6.41. The molecule has 4 aromatic rings. The monoisotopic (exact) mass is 466 g/mol. The maximum Gasteiger partial charge on any atom is 0.227 e. The average molecular weight is 467 g/mol. The van der Waals surface area contributed by atoms with Crippen LogP contribution in [-0.2, 0) is 0 Å². The largest absolute Gasteiger partial charge is 0.504 e. The number of benzene rings is 3. The molecule has 0 saturated carbocycles. The van der Waals surface area contributed by atoms with Crippen LogP contribution in [0.4, 0.5) is 5.69 Å². The van der Waals surface area contributed by atoms with Gasteiger partial charge in [-0.3, -0.25) is 4.99 Å². The minimum absolute atomic E-state index is 0.0676. The molecule has 0 bridgehead atoms. The molecule has 0 atom stereocenters. The maximum atomic E-state index is 10.3. The first-order chi connectivity index (χ1) is 14.6. The van der Waals surface area contributed by atoms with Crippen LogP contribution in [0.1, 0.15) is 12.5 Å². The van der Waals surface area contributed by atoms with Gasteiger partial charge in [0.05, 0.1) is 23.9 Å². The van der Waals surface area contributed by atoms with E-state index in [1.165, 1.54) is 0 Å². The van der Waals surface area contributed by atoms with Crippen LogP contribution in [0.2, 0.25) is 0 Å². The molecular weight excluding hydrogens is 448 g/mol. The fraction of sp³-hybridized carbons (Fsp3) is 0.130. The topological polar surface area (TPSA) is 77.1 Å². The molecule has 0 fully saturated rings. The standard InChI is InChI=1S/C23H19BrN2O4/c1-3-29-21-6-4-5-15(22(21)27)13-25-16-8-10-20-18(12-16)26-23(30-20)14-7-9-19(28-2)17(24)11-14/h4-13,27H,3H2,1-2H3. The van der Waals surface area contributed by atoms with Gasteiger partial charge in [0.1, 0.15) is 11.3 Å². The summed E-state index contributed by atoms with van der Waals surface area (Å²) in [6, 6.07) is 16.4. The van der Waals surface area contributed by atoms with E-state index in [2.05, 4.69) is 25.9 Å². The Hall–Kier alpha value is -3.32. The second kappa shape index (κ2) is 8.59. The van der Waals surface area contributed by atoms with Crippen molar-refractivity contribution in [3.05, 3.63) is 64.6 Å². The summed E-state index contributed by atoms with van der Waals surface area (Å²) in [5.41, 5.74) is 3.46. The number of ether oxygens (including phenoxy) is 2. The van der Waals surface area contributed by atoms with Gasteiger partial charge in [-0.2, -0.15) is 0 Å². The Kier molecular flexibility index (Phi) is 5.72. The van der Waals surface area contributed by atoms with Gasteiger partial charge in [0, 0.05) is 17.3 Å². The molecule has 0 aliphatic rings. The van der Waals surface area contributed by atoms with Crippen LogP contribution in [-0.4, -0.2) is 30.0 Å². The summed E-state index contributed by atoms with van der Waals surface area (Å²) in [5, 5.41) is 10.3. The molecule has 1 heterocycles.